The summed E-state index contributed by atoms with van der Waals surface area (Å²) in [5.74, 6) is -0.273. The topological polar surface area (TPSA) is 52.0 Å². The quantitative estimate of drug-likeness (QED) is 0.853. The van der Waals surface area contributed by atoms with Gasteiger partial charge in [0.25, 0.3) is 0 Å². The second-order valence-corrected chi connectivity index (χ2v) is 3.36. The molecule has 1 rings (SSSR count). The Morgan fingerprint density at radius 2 is 1.60 bits per heavy atom. The molecule has 0 amide bonds. The van der Waals surface area contributed by atoms with E-state index in [9.17, 15) is 4.39 Å². The Morgan fingerprint density at radius 1 is 1.07 bits per heavy atom. The van der Waals surface area contributed by atoms with Crippen molar-refractivity contribution in [2.24, 2.45) is 11.5 Å². The summed E-state index contributed by atoms with van der Waals surface area (Å²) < 4.78 is 13.3. The molecule has 4 N–H and O–H groups in total. The average Bonchev–Trinajstić information content (AvgIpc) is 2.03. The van der Waals surface area contributed by atoms with E-state index < -0.39 is 0 Å². The van der Waals surface area contributed by atoms with E-state index in [0.29, 0.717) is 5.56 Å². The lowest BCUT2D eigenvalue weighted by atomic mass is 10.0. The molecule has 2 unspecified atom stereocenters. The van der Waals surface area contributed by atoms with Crippen LogP contribution >= 0.6 is 24.8 Å². The zero-order valence-electron chi connectivity index (χ0n) is 8.74. The minimum absolute atomic E-state index is 0. The van der Waals surface area contributed by atoms with Crippen molar-refractivity contribution in [1.82, 2.24) is 0 Å². The molecular weight excluding hydrogens is 238 g/mol. The van der Waals surface area contributed by atoms with Gasteiger partial charge < -0.3 is 11.5 Å². The van der Waals surface area contributed by atoms with E-state index in [-0.39, 0.29) is 42.7 Å². The van der Waals surface area contributed by atoms with Gasteiger partial charge in [0.2, 0.25) is 0 Å². The highest BCUT2D eigenvalue weighted by atomic mass is 35.5. The molecule has 0 radical (unpaired) electrons. The number of hydrogen-bond acceptors (Lipinski definition) is 2. The SMILES string of the molecule is CC(N)c1ccc(C(C)N)c(F)c1.Cl.Cl. The van der Waals surface area contributed by atoms with Crippen molar-refractivity contribution in [3.05, 3.63) is 35.1 Å². The molecule has 0 bridgehead atoms. The van der Waals surface area contributed by atoms with Crippen LogP contribution in [0.2, 0.25) is 0 Å². The van der Waals surface area contributed by atoms with Crippen LogP contribution in [-0.2, 0) is 0 Å². The molecule has 5 heteroatoms. The predicted molar refractivity (Wildman–Crippen MR) is 66.1 cm³/mol. The molecular formula is C10H17Cl2FN2. The first kappa shape index (κ1) is 17.1. The van der Waals surface area contributed by atoms with Gasteiger partial charge in [0.15, 0.2) is 0 Å². The highest BCUT2D eigenvalue weighted by Crippen LogP contribution is 2.18. The van der Waals surface area contributed by atoms with Gasteiger partial charge in [0.05, 0.1) is 0 Å². The summed E-state index contributed by atoms with van der Waals surface area (Å²) in [6.45, 7) is 3.57. The van der Waals surface area contributed by atoms with E-state index in [0.717, 1.165) is 5.56 Å². The van der Waals surface area contributed by atoms with Gasteiger partial charge in [-0.2, -0.15) is 0 Å². The first-order chi connectivity index (χ1) is 6.02. The third-order valence-corrected chi connectivity index (χ3v) is 2.04. The Kier molecular flexibility index (Phi) is 7.97. The fraction of sp³-hybridized carbons (Fsp3) is 0.400. The van der Waals surface area contributed by atoms with Crippen LogP contribution in [0.4, 0.5) is 4.39 Å². The van der Waals surface area contributed by atoms with Gasteiger partial charge >= 0.3 is 0 Å². The lowest BCUT2D eigenvalue weighted by Crippen LogP contribution is -2.10. The van der Waals surface area contributed by atoms with E-state index in [1.807, 2.05) is 13.0 Å². The van der Waals surface area contributed by atoms with Gasteiger partial charge in [-0.05, 0) is 25.5 Å². The van der Waals surface area contributed by atoms with Crippen LogP contribution in [0.3, 0.4) is 0 Å². The average molecular weight is 255 g/mol. The van der Waals surface area contributed by atoms with Crippen LogP contribution in [0.1, 0.15) is 37.1 Å². The third-order valence-electron chi connectivity index (χ3n) is 2.04. The van der Waals surface area contributed by atoms with E-state index in [4.69, 9.17) is 11.5 Å². The minimum Gasteiger partial charge on any atom is -0.324 e. The Labute approximate surface area is 102 Å². The number of halogens is 3. The lowest BCUT2D eigenvalue weighted by molar-refractivity contribution is 0.589. The molecule has 0 aliphatic heterocycles. The summed E-state index contributed by atoms with van der Waals surface area (Å²) in [6, 6.07) is 4.54. The van der Waals surface area contributed by atoms with Crippen LogP contribution in [0.15, 0.2) is 18.2 Å². The highest BCUT2D eigenvalue weighted by Gasteiger charge is 2.08. The fourth-order valence-electron chi connectivity index (χ4n) is 1.20. The molecule has 0 aliphatic rings. The largest absolute Gasteiger partial charge is 0.324 e. The Hall–Kier alpha value is -0.350. The van der Waals surface area contributed by atoms with Gasteiger partial charge in [-0.1, -0.05) is 12.1 Å². The van der Waals surface area contributed by atoms with Crippen molar-refractivity contribution in [3.63, 3.8) is 0 Å². The summed E-state index contributed by atoms with van der Waals surface area (Å²) in [5, 5.41) is 0. The molecule has 1 aromatic carbocycles. The fourth-order valence-corrected chi connectivity index (χ4v) is 1.20. The molecule has 88 valence electrons. The van der Waals surface area contributed by atoms with Crippen LogP contribution in [0.25, 0.3) is 0 Å². The Bertz CT molecular complexity index is 303. The molecule has 1 aromatic rings. The minimum atomic E-state index is -0.276. The van der Waals surface area contributed by atoms with Crippen LogP contribution < -0.4 is 11.5 Å². The predicted octanol–water partition coefficient (Wildman–Crippen LogP) is 2.71. The summed E-state index contributed by atoms with van der Waals surface area (Å²) in [6.07, 6.45) is 0. The molecule has 2 nitrogen and oxygen atoms in total. The van der Waals surface area contributed by atoms with Gasteiger partial charge in [0.1, 0.15) is 5.82 Å². The van der Waals surface area contributed by atoms with Gasteiger partial charge in [-0.25, -0.2) is 4.39 Å². The van der Waals surface area contributed by atoms with Gasteiger partial charge in [-0.15, -0.1) is 24.8 Å². The van der Waals surface area contributed by atoms with Crippen molar-refractivity contribution in [1.29, 1.82) is 0 Å². The summed E-state index contributed by atoms with van der Waals surface area (Å²) in [4.78, 5) is 0. The van der Waals surface area contributed by atoms with Gasteiger partial charge in [-0.3, -0.25) is 0 Å². The smallest absolute Gasteiger partial charge is 0.128 e. The maximum absolute atomic E-state index is 13.3. The molecule has 0 aliphatic carbocycles. The molecule has 0 saturated carbocycles. The number of hydrogen-bond donors (Lipinski definition) is 2. The number of nitrogens with two attached hydrogens (primary N) is 2. The second kappa shape index (κ2) is 7.01. The lowest BCUT2D eigenvalue weighted by Gasteiger charge is -2.10. The molecule has 2 atom stereocenters. The third kappa shape index (κ3) is 4.34. The van der Waals surface area contributed by atoms with E-state index >= 15 is 0 Å². The highest BCUT2D eigenvalue weighted by molar-refractivity contribution is 5.85. The Morgan fingerprint density at radius 3 is 1.93 bits per heavy atom. The monoisotopic (exact) mass is 254 g/mol. The van der Waals surface area contributed by atoms with Gasteiger partial charge in [0, 0.05) is 17.6 Å². The van der Waals surface area contributed by atoms with Crippen molar-refractivity contribution in [2.45, 2.75) is 25.9 Å². The number of rotatable bonds is 2. The van der Waals surface area contributed by atoms with Crippen LogP contribution in [-0.4, -0.2) is 0 Å². The van der Waals surface area contributed by atoms with E-state index in [1.54, 1.807) is 13.0 Å². The number of benzene rings is 1. The summed E-state index contributed by atoms with van der Waals surface area (Å²) in [7, 11) is 0. The molecule has 0 heterocycles. The van der Waals surface area contributed by atoms with Crippen LogP contribution in [0, 0.1) is 5.82 Å². The van der Waals surface area contributed by atoms with Crippen molar-refractivity contribution in [2.75, 3.05) is 0 Å². The second-order valence-electron chi connectivity index (χ2n) is 3.36. The zero-order chi connectivity index (χ0) is 10.0. The zero-order valence-corrected chi connectivity index (χ0v) is 10.4. The van der Waals surface area contributed by atoms with Crippen molar-refractivity contribution < 1.29 is 4.39 Å². The van der Waals surface area contributed by atoms with E-state index in [2.05, 4.69) is 0 Å². The maximum atomic E-state index is 13.3. The normalized spacial score (nSPS) is 13.4. The van der Waals surface area contributed by atoms with Crippen molar-refractivity contribution in [3.8, 4) is 0 Å². The molecule has 15 heavy (non-hydrogen) atoms. The molecule has 0 spiro atoms. The van der Waals surface area contributed by atoms with Crippen LogP contribution in [0.5, 0.6) is 0 Å². The first-order valence-corrected chi connectivity index (χ1v) is 4.33. The molecule has 0 aromatic heterocycles. The first-order valence-electron chi connectivity index (χ1n) is 4.33. The Balaban J connectivity index is 0. The molecule has 0 fully saturated rings. The van der Waals surface area contributed by atoms with Crippen molar-refractivity contribution >= 4 is 24.8 Å². The van der Waals surface area contributed by atoms with E-state index in [1.165, 1.54) is 6.07 Å². The standard InChI is InChI=1S/C10H15FN2.2ClH/c1-6(12)8-3-4-9(7(2)13)10(11)5-8;;/h3-7H,12-13H2,1-2H3;2*1H. The molecule has 0 saturated heterocycles. The summed E-state index contributed by atoms with van der Waals surface area (Å²) >= 11 is 0. The summed E-state index contributed by atoms with van der Waals surface area (Å²) in [5.41, 5.74) is 12.5. The maximum Gasteiger partial charge on any atom is 0.128 e.